The van der Waals surface area contributed by atoms with Gasteiger partial charge in [-0.05, 0) is 49.2 Å². The molecule has 30 heavy (non-hydrogen) atoms. The van der Waals surface area contributed by atoms with E-state index in [1.807, 2.05) is 0 Å². The van der Waals surface area contributed by atoms with Gasteiger partial charge in [-0.1, -0.05) is 23.5 Å². The van der Waals surface area contributed by atoms with Crippen molar-refractivity contribution in [3.05, 3.63) is 70.2 Å². The molecule has 1 fully saturated rings. The smallest absolute Gasteiger partial charge is 0.286 e. The Balaban J connectivity index is 1.55. The van der Waals surface area contributed by atoms with E-state index in [9.17, 15) is 22.0 Å². The van der Waals surface area contributed by atoms with E-state index >= 15 is 0 Å². The van der Waals surface area contributed by atoms with Gasteiger partial charge in [0.2, 0.25) is 15.0 Å². The summed E-state index contributed by atoms with van der Waals surface area (Å²) in [6.07, 6.45) is 1.11. The number of benzene rings is 2. The minimum absolute atomic E-state index is 0.0317. The number of rotatable bonds is 5. The molecular formula is C19H16F2N4O3S2. The number of nitrogens with zero attached hydrogens (tertiary/aromatic N) is 3. The number of nitrogens with one attached hydrogen (secondary N) is 1. The molecule has 0 bridgehead atoms. The lowest BCUT2D eigenvalue weighted by molar-refractivity contribution is 0.102. The van der Waals surface area contributed by atoms with Crippen molar-refractivity contribution in [2.75, 3.05) is 11.9 Å². The Morgan fingerprint density at radius 1 is 1.10 bits per heavy atom. The maximum atomic E-state index is 13.5. The first-order valence-electron chi connectivity index (χ1n) is 9.02. The van der Waals surface area contributed by atoms with E-state index in [2.05, 4.69) is 15.5 Å². The fourth-order valence-electron chi connectivity index (χ4n) is 3.25. The van der Waals surface area contributed by atoms with Crippen LogP contribution in [0.15, 0.2) is 53.4 Å². The Kier molecular flexibility index (Phi) is 5.58. The highest BCUT2D eigenvalue weighted by Gasteiger charge is 2.38. The Morgan fingerprint density at radius 3 is 2.57 bits per heavy atom. The van der Waals surface area contributed by atoms with Crippen LogP contribution < -0.4 is 5.32 Å². The highest BCUT2D eigenvalue weighted by Crippen LogP contribution is 2.37. The van der Waals surface area contributed by atoms with E-state index in [1.54, 1.807) is 0 Å². The van der Waals surface area contributed by atoms with Gasteiger partial charge in [0.15, 0.2) is 0 Å². The summed E-state index contributed by atoms with van der Waals surface area (Å²) in [5, 5.41) is 10.8. The Labute approximate surface area is 175 Å². The molecule has 156 valence electrons. The third kappa shape index (κ3) is 4.09. The fraction of sp³-hybridized carbons (Fsp3) is 0.211. The number of sulfonamides is 1. The number of carbonyl (C=O) groups is 1. The zero-order chi connectivity index (χ0) is 21.3. The first-order valence-corrected chi connectivity index (χ1v) is 11.3. The van der Waals surface area contributed by atoms with Gasteiger partial charge in [0.05, 0.1) is 10.9 Å². The maximum Gasteiger partial charge on any atom is 0.286 e. The third-order valence-electron chi connectivity index (χ3n) is 4.61. The van der Waals surface area contributed by atoms with E-state index in [4.69, 9.17) is 0 Å². The van der Waals surface area contributed by atoms with Gasteiger partial charge in [-0.25, -0.2) is 17.2 Å². The van der Waals surface area contributed by atoms with Crippen molar-refractivity contribution in [1.29, 1.82) is 0 Å². The second-order valence-electron chi connectivity index (χ2n) is 6.64. The van der Waals surface area contributed by atoms with Crippen LogP contribution in [0.2, 0.25) is 0 Å². The number of carbonyl (C=O) groups excluding carboxylic acids is 1. The fourth-order valence-corrected chi connectivity index (χ4v) is 5.89. The largest absolute Gasteiger partial charge is 0.320 e. The van der Waals surface area contributed by atoms with Gasteiger partial charge in [0.25, 0.3) is 5.91 Å². The molecule has 7 nitrogen and oxygen atoms in total. The molecule has 1 unspecified atom stereocenters. The van der Waals surface area contributed by atoms with Gasteiger partial charge in [0, 0.05) is 12.2 Å². The highest BCUT2D eigenvalue weighted by atomic mass is 32.2. The summed E-state index contributed by atoms with van der Waals surface area (Å²) in [4.78, 5) is 12.3. The predicted molar refractivity (Wildman–Crippen MR) is 107 cm³/mol. The second-order valence-corrected chi connectivity index (χ2v) is 9.54. The summed E-state index contributed by atoms with van der Waals surface area (Å²) in [5.41, 5.74) is 0.271. The van der Waals surface area contributed by atoms with Crippen LogP contribution in [-0.2, 0) is 10.0 Å². The van der Waals surface area contributed by atoms with Crippen molar-refractivity contribution in [3.63, 3.8) is 0 Å². The molecule has 11 heteroatoms. The quantitative estimate of drug-likeness (QED) is 0.641. The molecule has 1 atom stereocenters. The third-order valence-corrected chi connectivity index (χ3v) is 7.54. The number of hydrogen-bond acceptors (Lipinski definition) is 6. The van der Waals surface area contributed by atoms with Crippen molar-refractivity contribution in [2.45, 2.75) is 23.8 Å². The first-order chi connectivity index (χ1) is 14.3. The first kappa shape index (κ1) is 20.5. The standard InChI is InChI=1S/C19H16F2N4O3S2/c20-12-4-1-6-14(10-12)22-17(26)19-24-23-18(29-19)16-8-3-9-25(16)30(27,28)15-7-2-5-13(21)11-15/h1-2,4-7,10-11,16H,3,8-9H2,(H,22,26). The van der Waals surface area contributed by atoms with Gasteiger partial charge < -0.3 is 5.32 Å². The van der Waals surface area contributed by atoms with Crippen molar-refractivity contribution < 1.29 is 22.0 Å². The summed E-state index contributed by atoms with van der Waals surface area (Å²) in [7, 11) is -3.93. The van der Waals surface area contributed by atoms with Crippen LogP contribution in [0, 0.1) is 11.6 Å². The lowest BCUT2D eigenvalue weighted by Gasteiger charge is -2.22. The molecule has 4 rings (SSSR count). The van der Waals surface area contributed by atoms with Crippen LogP contribution in [0.3, 0.4) is 0 Å². The maximum absolute atomic E-state index is 13.5. The zero-order valence-corrected chi connectivity index (χ0v) is 17.1. The van der Waals surface area contributed by atoms with Gasteiger partial charge in [0.1, 0.15) is 16.6 Å². The summed E-state index contributed by atoms with van der Waals surface area (Å²) in [6.45, 7) is 0.258. The van der Waals surface area contributed by atoms with Crippen LogP contribution in [0.25, 0.3) is 0 Å². The Hall–Kier alpha value is -2.76. The average Bonchev–Trinajstić information content (AvgIpc) is 3.38. The monoisotopic (exact) mass is 450 g/mol. The molecule has 1 N–H and O–H groups in total. The Bertz CT molecular complexity index is 1200. The molecule has 2 heterocycles. The van der Waals surface area contributed by atoms with Crippen molar-refractivity contribution in [2.24, 2.45) is 0 Å². The van der Waals surface area contributed by atoms with Crippen LogP contribution in [-0.4, -0.2) is 35.4 Å². The SMILES string of the molecule is O=C(Nc1cccc(F)c1)c1nnc(C2CCCN2S(=O)(=O)c2cccc(F)c2)s1. The van der Waals surface area contributed by atoms with Crippen molar-refractivity contribution in [1.82, 2.24) is 14.5 Å². The summed E-state index contributed by atoms with van der Waals surface area (Å²) >= 11 is 0.972. The second kappa shape index (κ2) is 8.17. The summed E-state index contributed by atoms with van der Waals surface area (Å²) < 4.78 is 54.0. The summed E-state index contributed by atoms with van der Waals surface area (Å²) in [5.74, 6) is -1.70. The number of anilines is 1. The molecule has 0 radical (unpaired) electrons. The zero-order valence-electron chi connectivity index (χ0n) is 15.5. The minimum atomic E-state index is -3.93. The van der Waals surface area contributed by atoms with Crippen molar-refractivity contribution in [3.8, 4) is 0 Å². The lowest BCUT2D eigenvalue weighted by Crippen LogP contribution is -2.30. The van der Waals surface area contributed by atoms with E-state index in [0.29, 0.717) is 17.8 Å². The van der Waals surface area contributed by atoms with Gasteiger partial charge >= 0.3 is 0 Å². The Morgan fingerprint density at radius 2 is 1.83 bits per heavy atom. The van der Waals surface area contributed by atoms with Crippen LogP contribution >= 0.6 is 11.3 Å². The molecule has 3 aromatic rings. The van der Waals surface area contributed by atoms with Crippen LogP contribution in [0.4, 0.5) is 14.5 Å². The van der Waals surface area contributed by atoms with E-state index < -0.39 is 33.6 Å². The number of hydrogen-bond donors (Lipinski definition) is 1. The molecule has 0 saturated carbocycles. The molecular weight excluding hydrogens is 434 g/mol. The lowest BCUT2D eigenvalue weighted by atomic mass is 10.2. The number of halogens is 2. The normalized spacial score (nSPS) is 17.2. The number of amides is 1. The predicted octanol–water partition coefficient (Wildman–Crippen LogP) is 3.59. The molecule has 0 aliphatic carbocycles. The molecule has 1 saturated heterocycles. The van der Waals surface area contributed by atoms with E-state index in [0.717, 1.165) is 17.4 Å². The molecule has 2 aromatic carbocycles. The van der Waals surface area contributed by atoms with Gasteiger partial charge in [-0.2, -0.15) is 4.31 Å². The van der Waals surface area contributed by atoms with Crippen LogP contribution in [0.5, 0.6) is 0 Å². The summed E-state index contributed by atoms with van der Waals surface area (Å²) in [6, 6.07) is 9.66. The molecule has 1 aromatic heterocycles. The van der Waals surface area contributed by atoms with Crippen molar-refractivity contribution >= 4 is 33.0 Å². The van der Waals surface area contributed by atoms with E-state index in [-0.39, 0.29) is 22.1 Å². The topological polar surface area (TPSA) is 92.3 Å². The molecule has 1 aliphatic heterocycles. The van der Waals surface area contributed by atoms with E-state index in [1.165, 1.54) is 46.8 Å². The molecule has 0 spiro atoms. The van der Waals surface area contributed by atoms with Gasteiger partial charge in [-0.15, -0.1) is 10.2 Å². The molecule has 1 aliphatic rings. The van der Waals surface area contributed by atoms with Gasteiger partial charge in [-0.3, -0.25) is 4.79 Å². The highest BCUT2D eigenvalue weighted by molar-refractivity contribution is 7.89. The minimum Gasteiger partial charge on any atom is -0.320 e. The number of aromatic nitrogens is 2. The average molecular weight is 450 g/mol. The molecule has 1 amide bonds. The van der Waals surface area contributed by atoms with Crippen LogP contribution in [0.1, 0.15) is 33.7 Å².